The molecule has 0 saturated heterocycles. The van der Waals surface area contributed by atoms with Gasteiger partial charge in [-0.25, -0.2) is 4.98 Å². The van der Waals surface area contributed by atoms with Gasteiger partial charge in [-0.15, -0.1) is 0 Å². The number of pyridine rings is 1. The van der Waals surface area contributed by atoms with Crippen LogP contribution < -0.4 is 18.9 Å². The molecule has 186 valence electrons. The molecule has 7 nitrogen and oxygen atoms in total. The van der Waals surface area contributed by atoms with Gasteiger partial charge in [0.2, 0.25) is 5.88 Å². The molecule has 0 bridgehead atoms. The Kier molecular flexibility index (Phi) is 9.46. The minimum atomic E-state index is -0.942. The Morgan fingerprint density at radius 1 is 1.09 bits per heavy atom. The van der Waals surface area contributed by atoms with Crippen molar-refractivity contribution in [3.63, 3.8) is 0 Å². The summed E-state index contributed by atoms with van der Waals surface area (Å²) in [5.41, 5.74) is 1.46. The zero-order valence-electron chi connectivity index (χ0n) is 19.7. The lowest BCUT2D eigenvalue weighted by Crippen LogP contribution is -2.08. The predicted octanol–water partition coefficient (Wildman–Crippen LogP) is 6.62. The molecular formula is C26H27Cl2NO6. The van der Waals surface area contributed by atoms with Crippen LogP contribution in [0.3, 0.4) is 0 Å². The van der Waals surface area contributed by atoms with Gasteiger partial charge in [-0.1, -0.05) is 41.4 Å². The number of hydrogen-bond acceptors (Lipinski definition) is 6. The number of benzene rings is 2. The van der Waals surface area contributed by atoms with Crippen LogP contribution in [-0.2, 0) is 17.6 Å². The molecule has 3 aromatic rings. The van der Waals surface area contributed by atoms with Gasteiger partial charge in [0, 0.05) is 17.8 Å². The topological polar surface area (TPSA) is 87.1 Å². The largest absolute Gasteiger partial charge is 0.493 e. The van der Waals surface area contributed by atoms with Crippen LogP contribution in [0.15, 0.2) is 48.7 Å². The monoisotopic (exact) mass is 519 g/mol. The van der Waals surface area contributed by atoms with Crippen LogP contribution in [0.25, 0.3) is 0 Å². The Balaban J connectivity index is 1.75. The Hall–Kier alpha value is -3.16. The van der Waals surface area contributed by atoms with Gasteiger partial charge in [-0.05, 0) is 50.5 Å². The molecule has 0 atom stereocenters. The minimum Gasteiger partial charge on any atom is -0.493 e. The van der Waals surface area contributed by atoms with Crippen LogP contribution in [0.4, 0.5) is 0 Å². The first-order valence-corrected chi connectivity index (χ1v) is 11.8. The van der Waals surface area contributed by atoms with E-state index in [1.165, 1.54) is 13.3 Å². The molecule has 0 spiro atoms. The normalized spacial score (nSPS) is 10.8. The molecule has 1 heterocycles. The van der Waals surface area contributed by atoms with Crippen molar-refractivity contribution >= 4 is 29.2 Å². The van der Waals surface area contributed by atoms with E-state index in [1.807, 2.05) is 26.0 Å². The highest BCUT2D eigenvalue weighted by Crippen LogP contribution is 2.35. The maximum absolute atomic E-state index is 11.2. The second-order valence-electron chi connectivity index (χ2n) is 7.95. The van der Waals surface area contributed by atoms with E-state index in [2.05, 4.69) is 4.98 Å². The van der Waals surface area contributed by atoms with Gasteiger partial charge < -0.3 is 24.1 Å². The third-order valence-electron chi connectivity index (χ3n) is 4.85. The molecule has 1 aromatic heterocycles. The maximum atomic E-state index is 11.2. The number of para-hydroxylation sites is 1. The second-order valence-corrected chi connectivity index (χ2v) is 8.79. The number of carboxylic acids is 1. The van der Waals surface area contributed by atoms with Crippen molar-refractivity contribution in [2.75, 3.05) is 13.7 Å². The van der Waals surface area contributed by atoms with E-state index >= 15 is 0 Å². The summed E-state index contributed by atoms with van der Waals surface area (Å²) in [5.74, 6) is 1.44. The number of halogens is 2. The van der Waals surface area contributed by atoms with E-state index in [4.69, 9.17) is 42.1 Å². The van der Waals surface area contributed by atoms with Crippen LogP contribution in [0.2, 0.25) is 10.0 Å². The van der Waals surface area contributed by atoms with Crippen LogP contribution in [0.1, 0.15) is 31.4 Å². The van der Waals surface area contributed by atoms with Gasteiger partial charge in [-0.2, -0.15) is 0 Å². The Bertz CT molecular complexity index is 1170. The van der Waals surface area contributed by atoms with E-state index in [-0.39, 0.29) is 18.4 Å². The highest BCUT2D eigenvalue weighted by molar-refractivity contribution is 6.35. The zero-order chi connectivity index (χ0) is 25.4. The number of methoxy groups -OCH3 is 1. The Labute approximate surface area is 214 Å². The third kappa shape index (κ3) is 7.67. The van der Waals surface area contributed by atoms with Gasteiger partial charge in [-0.3, -0.25) is 4.79 Å². The summed E-state index contributed by atoms with van der Waals surface area (Å²) in [6.45, 7) is 4.23. The lowest BCUT2D eigenvalue weighted by atomic mass is 10.1. The van der Waals surface area contributed by atoms with Crippen molar-refractivity contribution < 1.29 is 28.8 Å². The molecule has 3 rings (SSSR count). The molecule has 1 N–H and O–H groups in total. The van der Waals surface area contributed by atoms with Crippen molar-refractivity contribution in [3.8, 4) is 28.9 Å². The van der Waals surface area contributed by atoms with Gasteiger partial charge in [0.15, 0.2) is 11.5 Å². The summed E-state index contributed by atoms with van der Waals surface area (Å²) >= 11 is 12.2. The average Bonchev–Trinajstić information content (AvgIpc) is 2.79. The molecule has 9 heteroatoms. The second kappa shape index (κ2) is 12.5. The van der Waals surface area contributed by atoms with Crippen LogP contribution in [-0.4, -0.2) is 35.9 Å². The molecule has 2 aromatic carbocycles. The fourth-order valence-corrected chi connectivity index (χ4v) is 3.81. The molecular weight excluding hydrogens is 493 g/mol. The van der Waals surface area contributed by atoms with E-state index in [0.717, 1.165) is 5.56 Å². The van der Waals surface area contributed by atoms with Crippen molar-refractivity contribution in [3.05, 3.63) is 69.8 Å². The summed E-state index contributed by atoms with van der Waals surface area (Å²) in [6.07, 6.45) is 2.56. The van der Waals surface area contributed by atoms with Gasteiger partial charge in [0.05, 0.1) is 31.3 Å². The number of hydrogen-bond donors (Lipinski definition) is 1. The molecule has 0 aliphatic rings. The summed E-state index contributed by atoms with van der Waals surface area (Å²) in [4.78, 5) is 15.4. The number of carboxylic acid groups (broad SMARTS) is 1. The molecule has 0 aliphatic carbocycles. The minimum absolute atomic E-state index is 0.000181. The first-order valence-electron chi connectivity index (χ1n) is 11.1. The summed E-state index contributed by atoms with van der Waals surface area (Å²) < 4.78 is 23.1. The number of ether oxygens (including phenoxy) is 4. The number of carbonyl (C=O) groups is 1. The fraction of sp³-hybridized carbons (Fsp3) is 0.308. The highest BCUT2D eigenvalue weighted by atomic mass is 35.5. The predicted molar refractivity (Wildman–Crippen MR) is 135 cm³/mol. The van der Waals surface area contributed by atoms with Gasteiger partial charge >= 0.3 is 5.97 Å². The van der Waals surface area contributed by atoms with Crippen molar-refractivity contribution in [1.29, 1.82) is 0 Å². The number of aromatic nitrogens is 1. The molecule has 0 fully saturated rings. The quantitative estimate of drug-likeness (QED) is 0.269. The lowest BCUT2D eigenvalue weighted by Gasteiger charge is -2.16. The molecule has 0 radical (unpaired) electrons. The Morgan fingerprint density at radius 2 is 1.89 bits per heavy atom. The zero-order valence-corrected chi connectivity index (χ0v) is 21.2. The van der Waals surface area contributed by atoms with E-state index in [9.17, 15) is 9.90 Å². The number of rotatable bonds is 12. The lowest BCUT2D eigenvalue weighted by molar-refractivity contribution is -0.136. The maximum Gasteiger partial charge on any atom is 0.307 e. The van der Waals surface area contributed by atoms with Gasteiger partial charge in [0.25, 0.3) is 0 Å². The van der Waals surface area contributed by atoms with Crippen LogP contribution in [0.5, 0.6) is 28.9 Å². The summed E-state index contributed by atoms with van der Waals surface area (Å²) in [5, 5.41) is 9.90. The van der Waals surface area contributed by atoms with Crippen LogP contribution >= 0.6 is 23.2 Å². The molecule has 0 amide bonds. The third-order valence-corrected chi connectivity index (χ3v) is 5.33. The van der Waals surface area contributed by atoms with Crippen molar-refractivity contribution in [1.82, 2.24) is 4.98 Å². The van der Waals surface area contributed by atoms with Crippen molar-refractivity contribution in [2.45, 2.75) is 39.2 Å². The summed E-state index contributed by atoms with van der Waals surface area (Å²) in [6, 6.07) is 12.4. The fourth-order valence-electron chi connectivity index (χ4n) is 3.39. The van der Waals surface area contributed by atoms with Crippen molar-refractivity contribution in [2.24, 2.45) is 0 Å². The number of aliphatic carboxylic acids is 1. The smallest absolute Gasteiger partial charge is 0.307 e. The average molecular weight is 520 g/mol. The first kappa shape index (κ1) is 26.4. The Morgan fingerprint density at radius 3 is 2.57 bits per heavy atom. The van der Waals surface area contributed by atoms with E-state index in [0.29, 0.717) is 58.1 Å². The number of aryl methyl sites for hydroxylation is 1. The molecule has 0 aliphatic heterocycles. The van der Waals surface area contributed by atoms with E-state index in [1.54, 1.807) is 30.3 Å². The SMILES string of the molecule is COc1cccc(CC(=O)O)c1OCCCc1ccc(OC(C)C)cc1Oc1ncc(Cl)cc1Cl. The van der Waals surface area contributed by atoms with E-state index < -0.39 is 5.97 Å². The highest BCUT2D eigenvalue weighted by Gasteiger charge is 2.15. The molecule has 35 heavy (non-hydrogen) atoms. The van der Waals surface area contributed by atoms with Crippen LogP contribution in [0, 0.1) is 0 Å². The van der Waals surface area contributed by atoms with Gasteiger partial charge in [0.1, 0.15) is 16.5 Å². The molecule has 0 saturated carbocycles. The summed E-state index contributed by atoms with van der Waals surface area (Å²) in [7, 11) is 1.52. The first-order chi connectivity index (χ1) is 16.8. The number of nitrogens with zero attached hydrogens (tertiary/aromatic N) is 1. The standard InChI is InChI=1S/C26H27Cl2NO6/c1-16(2)34-20-10-9-17(23(14-20)35-26-21(28)13-19(27)15-29-26)7-5-11-33-25-18(12-24(30)31)6-4-8-22(25)32-3/h4,6,8-10,13-16H,5,7,11-12H2,1-3H3,(H,30,31). The molecule has 0 unspecified atom stereocenters.